The predicted octanol–water partition coefficient (Wildman–Crippen LogP) is 1.37. The van der Waals surface area contributed by atoms with Gasteiger partial charge in [0, 0.05) is 11.3 Å². The summed E-state index contributed by atoms with van der Waals surface area (Å²) in [5.74, 6) is -0.536. The molecule has 0 radical (unpaired) electrons. The molecule has 1 unspecified atom stereocenters. The topological polar surface area (TPSA) is 55.4 Å². The molecule has 2 heterocycles. The SMILES string of the molecule is C=C/C=C1\C(=C/C)NC(=O)C12CC(=O)C(=C)O2. The van der Waals surface area contributed by atoms with Gasteiger partial charge in [0.2, 0.25) is 11.4 Å². The lowest BCUT2D eigenvalue weighted by Gasteiger charge is -2.20. The number of carbonyl (C=O) groups excluding carboxylic acids is 2. The third-order valence-corrected chi connectivity index (χ3v) is 2.93. The molecule has 0 aliphatic carbocycles. The molecule has 2 saturated heterocycles. The molecule has 2 aliphatic heterocycles. The van der Waals surface area contributed by atoms with Crippen LogP contribution in [0.25, 0.3) is 0 Å². The second-order valence-corrected chi connectivity index (χ2v) is 3.92. The van der Waals surface area contributed by atoms with Gasteiger partial charge >= 0.3 is 0 Å². The van der Waals surface area contributed by atoms with Gasteiger partial charge in [-0.25, -0.2) is 0 Å². The fourth-order valence-electron chi connectivity index (χ4n) is 2.11. The van der Waals surface area contributed by atoms with E-state index in [1.165, 1.54) is 0 Å². The first-order valence-electron chi connectivity index (χ1n) is 5.27. The number of ether oxygens (including phenoxy) is 1. The van der Waals surface area contributed by atoms with Gasteiger partial charge in [0.25, 0.3) is 5.91 Å². The highest BCUT2D eigenvalue weighted by Gasteiger charge is 2.57. The molecule has 1 amide bonds. The minimum atomic E-state index is -1.25. The van der Waals surface area contributed by atoms with Crippen LogP contribution < -0.4 is 5.32 Å². The maximum atomic E-state index is 12.0. The lowest BCUT2D eigenvalue weighted by atomic mass is 9.90. The number of carbonyl (C=O) groups is 2. The highest BCUT2D eigenvalue weighted by Crippen LogP contribution is 2.42. The average molecular weight is 231 g/mol. The van der Waals surface area contributed by atoms with E-state index in [0.29, 0.717) is 11.3 Å². The van der Waals surface area contributed by atoms with Gasteiger partial charge in [-0.15, -0.1) is 0 Å². The van der Waals surface area contributed by atoms with Gasteiger partial charge in [-0.2, -0.15) is 0 Å². The first-order chi connectivity index (χ1) is 8.05. The van der Waals surface area contributed by atoms with E-state index in [1.54, 1.807) is 25.2 Å². The zero-order chi connectivity index (χ0) is 12.6. The Balaban J connectivity index is 2.56. The molecule has 1 N–H and O–H groups in total. The number of nitrogens with one attached hydrogen (secondary N) is 1. The Bertz CT molecular complexity index is 481. The Labute approximate surface area is 99.3 Å². The second kappa shape index (κ2) is 3.73. The first-order valence-corrected chi connectivity index (χ1v) is 5.27. The van der Waals surface area contributed by atoms with E-state index in [-0.39, 0.29) is 23.9 Å². The molecule has 4 nitrogen and oxygen atoms in total. The molecule has 0 bridgehead atoms. The van der Waals surface area contributed by atoms with Crippen LogP contribution >= 0.6 is 0 Å². The Morgan fingerprint density at radius 2 is 2.18 bits per heavy atom. The molecule has 0 aromatic carbocycles. The maximum Gasteiger partial charge on any atom is 0.273 e. The molecular weight excluding hydrogens is 218 g/mol. The molecule has 1 atom stereocenters. The van der Waals surface area contributed by atoms with Gasteiger partial charge < -0.3 is 10.1 Å². The van der Waals surface area contributed by atoms with Crippen LogP contribution in [0.2, 0.25) is 0 Å². The smallest absolute Gasteiger partial charge is 0.273 e. The third-order valence-electron chi connectivity index (χ3n) is 2.93. The minimum absolute atomic E-state index is 0.00528. The number of ketones is 1. The molecule has 2 fully saturated rings. The minimum Gasteiger partial charge on any atom is -0.469 e. The maximum absolute atomic E-state index is 12.0. The first kappa shape index (κ1) is 11.4. The number of hydrogen-bond donors (Lipinski definition) is 1. The monoisotopic (exact) mass is 231 g/mol. The summed E-state index contributed by atoms with van der Waals surface area (Å²) in [6.07, 6.45) is 5.00. The van der Waals surface area contributed by atoms with E-state index >= 15 is 0 Å². The van der Waals surface area contributed by atoms with E-state index in [1.807, 2.05) is 0 Å². The second-order valence-electron chi connectivity index (χ2n) is 3.92. The van der Waals surface area contributed by atoms with Crippen molar-refractivity contribution < 1.29 is 14.3 Å². The Morgan fingerprint density at radius 1 is 1.47 bits per heavy atom. The van der Waals surface area contributed by atoms with Gasteiger partial charge in [0.05, 0.1) is 6.42 Å². The fourth-order valence-corrected chi connectivity index (χ4v) is 2.11. The molecule has 1 spiro atoms. The summed E-state index contributed by atoms with van der Waals surface area (Å²) in [6.45, 7) is 8.92. The largest absolute Gasteiger partial charge is 0.469 e. The summed E-state index contributed by atoms with van der Waals surface area (Å²) >= 11 is 0. The number of rotatable bonds is 1. The molecule has 17 heavy (non-hydrogen) atoms. The summed E-state index contributed by atoms with van der Waals surface area (Å²) in [5.41, 5.74) is 0.0360. The van der Waals surface area contributed by atoms with Crippen LogP contribution in [0.15, 0.2) is 48.4 Å². The molecular formula is C13H13NO3. The lowest BCUT2D eigenvalue weighted by molar-refractivity contribution is -0.132. The van der Waals surface area contributed by atoms with Gasteiger partial charge in [-0.3, -0.25) is 9.59 Å². The standard InChI is InChI=1S/C13H13NO3/c1-4-6-9-10(5-2)14-12(16)13(9)7-11(15)8(3)17-13/h4-6H,1,3,7H2,2H3,(H,14,16)/b9-6+,10-5+. The van der Waals surface area contributed by atoms with Crippen LogP contribution in [0.5, 0.6) is 0 Å². The quantitative estimate of drug-likeness (QED) is 0.693. The van der Waals surface area contributed by atoms with Crippen molar-refractivity contribution in [1.82, 2.24) is 5.32 Å². The number of Topliss-reactive ketones (excluding diaryl/α,β-unsaturated/α-hetero) is 1. The van der Waals surface area contributed by atoms with Gasteiger partial charge in [-0.05, 0) is 6.92 Å². The summed E-state index contributed by atoms with van der Waals surface area (Å²) in [7, 11) is 0. The fraction of sp³-hybridized carbons (Fsp3) is 0.231. The molecule has 88 valence electrons. The molecule has 4 heteroatoms. The molecule has 2 rings (SSSR count). The van der Waals surface area contributed by atoms with Crippen molar-refractivity contribution in [1.29, 1.82) is 0 Å². The van der Waals surface area contributed by atoms with Crippen molar-refractivity contribution in [2.24, 2.45) is 0 Å². The van der Waals surface area contributed by atoms with Crippen molar-refractivity contribution in [2.75, 3.05) is 0 Å². The van der Waals surface area contributed by atoms with Crippen molar-refractivity contribution in [3.05, 3.63) is 48.4 Å². The molecule has 0 aromatic rings. The number of amides is 1. The van der Waals surface area contributed by atoms with Crippen LogP contribution in [0.4, 0.5) is 0 Å². The van der Waals surface area contributed by atoms with Gasteiger partial charge in [-0.1, -0.05) is 31.4 Å². The summed E-state index contributed by atoms with van der Waals surface area (Å²) in [4.78, 5) is 23.5. The Kier molecular flexibility index (Phi) is 2.50. The van der Waals surface area contributed by atoms with Crippen LogP contribution in [0.3, 0.4) is 0 Å². The highest BCUT2D eigenvalue weighted by molar-refractivity contribution is 6.07. The third kappa shape index (κ3) is 1.45. The zero-order valence-electron chi connectivity index (χ0n) is 9.58. The van der Waals surface area contributed by atoms with E-state index < -0.39 is 5.60 Å². The summed E-state index contributed by atoms with van der Waals surface area (Å²) < 4.78 is 5.42. The molecule has 0 aromatic heterocycles. The molecule has 2 aliphatic rings. The lowest BCUT2D eigenvalue weighted by Crippen LogP contribution is -2.38. The zero-order valence-corrected chi connectivity index (χ0v) is 9.58. The van der Waals surface area contributed by atoms with Gasteiger partial charge in [0.15, 0.2) is 5.76 Å². The van der Waals surface area contributed by atoms with E-state index in [4.69, 9.17) is 4.74 Å². The number of hydrogen-bond acceptors (Lipinski definition) is 3. The van der Waals surface area contributed by atoms with Crippen LogP contribution in [-0.2, 0) is 14.3 Å². The van der Waals surface area contributed by atoms with Crippen LogP contribution in [-0.4, -0.2) is 17.3 Å². The Morgan fingerprint density at radius 3 is 2.65 bits per heavy atom. The predicted molar refractivity (Wildman–Crippen MR) is 62.8 cm³/mol. The van der Waals surface area contributed by atoms with E-state index in [2.05, 4.69) is 18.5 Å². The van der Waals surface area contributed by atoms with Crippen LogP contribution in [0.1, 0.15) is 13.3 Å². The summed E-state index contributed by atoms with van der Waals surface area (Å²) in [6, 6.07) is 0. The molecule has 0 saturated carbocycles. The van der Waals surface area contributed by atoms with Crippen molar-refractivity contribution in [3.63, 3.8) is 0 Å². The van der Waals surface area contributed by atoms with Crippen molar-refractivity contribution in [3.8, 4) is 0 Å². The van der Waals surface area contributed by atoms with Crippen molar-refractivity contribution >= 4 is 11.7 Å². The number of allylic oxidation sites excluding steroid dienone is 4. The van der Waals surface area contributed by atoms with E-state index in [0.717, 1.165) is 0 Å². The van der Waals surface area contributed by atoms with Gasteiger partial charge in [0.1, 0.15) is 0 Å². The van der Waals surface area contributed by atoms with Crippen molar-refractivity contribution in [2.45, 2.75) is 18.9 Å². The average Bonchev–Trinajstić information content (AvgIpc) is 2.72. The normalized spacial score (nSPS) is 32.4. The Hall–Kier alpha value is -2.10. The summed E-state index contributed by atoms with van der Waals surface area (Å²) in [5, 5.41) is 2.70. The highest BCUT2D eigenvalue weighted by atomic mass is 16.5. The van der Waals surface area contributed by atoms with Crippen LogP contribution in [0, 0.1) is 0 Å². The van der Waals surface area contributed by atoms with E-state index in [9.17, 15) is 9.59 Å².